The number of phenolic OH excluding ortho intramolecular Hbond substituents is 1. The molecule has 4 aromatic rings. The van der Waals surface area contributed by atoms with Gasteiger partial charge in [-0.15, -0.1) is 13.2 Å². The number of likely N-dealkylation sites (tertiary alicyclic amines) is 2. The number of amides is 4. The molecule has 2 aliphatic carbocycles. The van der Waals surface area contributed by atoms with Gasteiger partial charge in [0.25, 0.3) is 11.8 Å². The summed E-state index contributed by atoms with van der Waals surface area (Å²) in [5, 5.41) is 11.8. The van der Waals surface area contributed by atoms with Crippen LogP contribution in [-0.2, 0) is 37.3 Å². The van der Waals surface area contributed by atoms with E-state index >= 15 is 4.79 Å². The lowest BCUT2D eigenvalue weighted by atomic mass is 9.49. The number of alkyl halides is 6. The zero-order chi connectivity index (χ0) is 45.5. The molecule has 0 radical (unpaired) electrons. The first kappa shape index (κ1) is 43.6. The van der Waals surface area contributed by atoms with Crippen LogP contribution in [0.5, 0.6) is 11.5 Å². The second kappa shape index (κ2) is 16.1. The van der Waals surface area contributed by atoms with E-state index in [4.69, 9.17) is 23.2 Å². The van der Waals surface area contributed by atoms with Crippen LogP contribution in [-0.4, -0.2) is 74.0 Å². The number of pyridine rings is 1. The van der Waals surface area contributed by atoms with Crippen molar-refractivity contribution in [3.8, 4) is 11.5 Å². The van der Waals surface area contributed by atoms with Gasteiger partial charge >= 0.3 is 12.5 Å². The Bertz CT molecular complexity index is 2570. The molecule has 1 aromatic heterocycles. The van der Waals surface area contributed by atoms with Crippen LogP contribution in [0.15, 0.2) is 96.7 Å². The third kappa shape index (κ3) is 7.44. The number of carbonyl (C=O) groups is 4. The van der Waals surface area contributed by atoms with E-state index in [0.29, 0.717) is 55.3 Å². The van der Waals surface area contributed by atoms with Crippen molar-refractivity contribution in [3.63, 3.8) is 0 Å². The lowest BCUT2D eigenvalue weighted by molar-refractivity contribution is -0.274. The topological polar surface area (TPSA) is 132 Å². The quantitative estimate of drug-likeness (QED) is 0.101. The number of benzene rings is 3. The first-order valence-corrected chi connectivity index (χ1v) is 21.2. The summed E-state index contributed by atoms with van der Waals surface area (Å²) in [6.45, 7) is 1.91. The minimum absolute atomic E-state index is 0.00300. The molecule has 4 amide bonds. The summed E-state index contributed by atoms with van der Waals surface area (Å²) in [5.41, 5.74) is 0.493. The van der Waals surface area contributed by atoms with Gasteiger partial charge in [0, 0.05) is 48.4 Å². The SMILES string of the molecule is O=C1C2CC3C(=CCC4C(=O)N(C5CCN(Cc6ccccc6)CC5)C(=O)C43)C(c3cc(OC(F)(F)F)ccc3O)C2(c2ccc(Cl)cc2)C(=O)N1Nc1ncc(C(F)(F)F)cc1Cl. The fourth-order valence-corrected chi connectivity index (χ4v) is 11.0. The maximum atomic E-state index is 15.4. The van der Waals surface area contributed by atoms with Crippen LogP contribution in [0.2, 0.25) is 10.0 Å². The average molecular weight is 929 g/mol. The Kier molecular flexibility index (Phi) is 11.0. The average Bonchev–Trinajstić information content (AvgIpc) is 3.62. The zero-order valence-corrected chi connectivity index (χ0v) is 34.9. The Morgan fingerprint density at radius 3 is 2.22 bits per heavy atom. The smallest absolute Gasteiger partial charge is 0.508 e. The number of hydrogen-bond donors (Lipinski definition) is 2. The van der Waals surface area contributed by atoms with E-state index in [1.54, 1.807) is 6.08 Å². The Labute approximate surface area is 371 Å². The summed E-state index contributed by atoms with van der Waals surface area (Å²) in [5.74, 6) is -10.5. The number of aromatic hydroxyl groups is 1. The maximum Gasteiger partial charge on any atom is 0.573 e. The fourth-order valence-electron chi connectivity index (χ4n) is 10.6. The highest BCUT2D eigenvalue weighted by molar-refractivity contribution is 6.33. The normalized spacial score (nSPS) is 26.4. The van der Waals surface area contributed by atoms with E-state index in [-0.39, 0.29) is 34.9 Å². The highest BCUT2D eigenvalue weighted by atomic mass is 35.5. The molecule has 3 saturated heterocycles. The van der Waals surface area contributed by atoms with Gasteiger partial charge in [0.1, 0.15) is 11.5 Å². The summed E-state index contributed by atoms with van der Waals surface area (Å²) < 4.78 is 86.2. The summed E-state index contributed by atoms with van der Waals surface area (Å²) in [6.07, 6.45) is -7.11. The van der Waals surface area contributed by atoms with Crippen molar-refractivity contribution in [3.05, 3.63) is 129 Å². The van der Waals surface area contributed by atoms with Gasteiger partial charge in [-0.1, -0.05) is 77.3 Å². The first-order chi connectivity index (χ1) is 30.4. The van der Waals surface area contributed by atoms with Crippen LogP contribution in [0.1, 0.15) is 53.9 Å². The number of hydrogen-bond acceptors (Lipinski definition) is 9. The summed E-state index contributed by atoms with van der Waals surface area (Å²) in [7, 11) is 0. The van der Waals surface area contributed by atoms with E-state index in [1.807, 2.05) is 30.3 Å². The van der Waals surface area contributed by atoms with Crippen molar-refractivity contribution < 1.29 is 55.4 Å². The van der Waals surface area contributed by atoms with Crippen LogP contribution in [0.4, 0.5) is 32.2 Å². The molecule has 3 aromatic carbocycles. The Balaban J connectivity index is 1.14. The third-order valence-electron chi connectivity index (χ3n) is 13.3. The number of halogens is 8. The van der Waals surface area contributed by atoms with Gasteiger partial charge < -0.3 is 9.84 Å². The van der Waals surface area contributed by atoms with Crippen LogP contribution >= 0.6 is 23.2 Å². The number of fused-ring (bicyclic) bond motifs is 4. The number of hydrazine groups is 1. The Morgan fingerprint density at radius 2 is 1.56 bits per heavy atom. The van der Waals surface area contributed by atoms with Gasteiger partial charge in [0.15, 0.2) is 5.82 Å². The van der Waals surface area contributed by atoms with Crippen molar-refractivity contribution in [1.82, 2.24) is 19.8 Å². The maximum absolute atomic E-state index is 15.4. The van der Waals surface area contributed by atoms with Gasteiger partial charge in [-0.05, 0) is 79.1 Å². The molecule has 6 atom stereocenters. The second-order valence-electron chi connectivity index (χ2n) is 16.7. The van der Waals surface area contributed by atoms with Crippen molar-refractivity contribution in [2.45, 2.75) is 62.1 Å². The number of phenols is 1. The number of imide groups is 2. The standard InChI is InChI=1S/C45H37Cl2F6N5O6/c46-26-8-6-24(7-9-26)43-33(40(61)58(42(43)63)55-38-34(47)18-25(21-54-38)44(48,49)50)20-31-29(37(43)32-19-28(10-13-35(32)59)64-45(51,52)53)11-12-30-36(31)41(62)57(39(30)60)27-14-16-56(17-15-27)22-23-4-2-1-3-5-23/h1-11,13,18-19,21,27,30-31,33,36-37,59H,12,14-17,20,22H2,(H,54,55). The molecule has 19 heteroatoms. The van der Waals surface area contributed by atoms with Crippen molar-refractivity contribution in [2.24, 2.45) is 23.7 Å². The molecule has 64 heavy (non-hydrogen) atoms. The molecule has 4 heterocycles. The van der Waals surface area contributed by atoms with Gasteiger partial charge in [0.05, 0.1) is 33.8 Å². The van der Waals surface area contributed by atoms with Crippen molar-refractivity contribution in [1.29, 1.82) is 0 Å². The number of rotatable bonds is 8. The Hall–Kier alpha value is -5.65. The Morgan fingerprint density at radius 1 is 0.859 bits per heavy atom. The van der Waals surface area contributed by atoms with Crippen LogP contribution in [0, 0.1) is 23.7 Å². The van der Waals surface area contributed by atoms with Gasteiger partial charge in [-0.2, -0.15) is 18.2 Å². The molecule has 6 unspecified atom stereocenters. The van der Waals surface area contributed by atoms with Gasteiger partial charge in [-0.3, -0.25) is 34.4 Å². The third-order valence-corrected chi connectivity index (χ3v) is 13.8. The molecule has 334 valence electrons. The van der Waals surface area contributed by atoms with Crippen LogP contribution in [0.3, 0.4) is 0 Å². The largest absolute Gasteiger partial charge is 0.573 e. The number of nitrogens with one attached hydrogen (secondary N) is 1. The molecule has 9 rings (SSSR count). The highest BCUT2D eigenvalue weighted by Gasteiger charge is 2.71. The van der Waals surface area contributed by atoms with Gasteiger partial charge in [0.2, 0.25) is 11.8 Å². The fraction of sp³-hybridized carbons (Fsp3) is 0.356. The highest BCUT2D eigenvalue weighted by Crippen LogP contribution is 2.65. The molecule has 0 spiro atoms. The molecule has 4 fully saturated rings. The summed E-state index contributed by atoms with van der Waals surface area (Å²) in [6, 6.07) is 18.5. The number of anilines is 1. The molecular weight excluding hydrogens is 891 g/mol. The zero-order valence-electron chi connectivity index (χ0n) is 33.4. The minimum Gasteiger partial charge on any atom is -0.508 e. The molecule has 0 bridgehead atoms. The number of carbonyl (C=O) groups excluding carboxylic acids is 4. The number of ether oxygens (including phenoxy) is 1. The van der Waals surface area contributed by atoms with E-state index in [1.165, 1.54) is 29.2 Å². The van der Waals surface area contributed by atoms with Crippen LogP contribution < -0.4 is 10.2 Å². The number of piperidine rings is 1. The second-order valence-corrected chi connectivity index (χ2v) is 17.6. The summed E-state index contributed by atoms with van der Waals surface area (Å²) >= 11 is 12.6. The monoisotopic (exact) mass is 927 g/mol. The number of aromatic nitrogens is 1. The van der Waals surface area contributed by atoms with E-state index in [0.717, 1.165) is 23.8 Å². The van der Waals surface area contributed by atoms with Crippen molar-refractivity contribution in [2.75, 3.05) is 18.5 Å². The molecule has 2 N–H and O–H groups in total. The van der Waals surface area contributed by atoms with Crippen molar-refractivity contribution >= 4 is 52.6 Å². The number of nitrogens with zero attached hydrogens (tertiary/aromatic N) is 4. The molecular formula is C45H37Cl2F6N5O6. The van der Waals surface area contributed by atoms with E-state index in [2.05, 4.69) is 20.0 Å². The van der Waals surface area contributed by atoms with Crippen LogP contribution in [0.25, 0.3) is 0 Å². The lowest BCUT2D eigenvalue weighted by Crippen LogP contribution is -2.53. The molecule has 1 saturated carbocycles. The van der Waals surface area contributed by atoms with E-state index < -0.39 is 99.2 Å². The predicted octanol–water partition coefficient (Wildman–Crippen LogP) is 8.66. The van der Waals surface area contributed by atoms with Gasteiger partial charge in [-0.25, -0.2) is 4.98 Å². The van der Waals surface area contributed by atoms with E-state index in [9.17, 15) is 45.8 Å². The molecule has 3 aliphatic heterocycles. The summed E-state index contributed by atoms with van der Waals surface area (Å²) in [4.78, 5) is 67.0. The lowest BCUT2D eigenvalue weighted by Gasteiger charge is -2.50. The minimum atomic E-state index is -5.18. The molecule has 11 nitrogen and oxygen atoms in total. The predicted molar refractivity (Wildman–Crippen MR) is 218 cm³/mol. The first-order valence-electron chi connectivity index (χ1n) is 20.4. The number of allylic oxidation sites excluding steroid dienone is 2. The molecule has 5 aliphatic rings.